The van der Waals surface area contributed by atoms with E-state index in [1.165, 1.54) is 12.1 Å². The lowest BCUT2D eigenvalue weighted by molar-refractivity contribution is -0.137. The van der Waals surface area contributed by atoms with Gasteiger partial charge in [-0.15, -0.1) is 0 Å². The number of benzene rings is 2. The number of halogens is 5. The minimum Gasteiger partial charge on any atom is -0.396 e. The normalized spacial score (nSPS) is 11.6. The summed E-state index contributed by atoms with van der Waals surface area (Å²) in [6.45, 7) is 0. The van der Waals surface area contributed by atoms with Crippen LogP contribution in [0, 0.1) is 11.6 Å². The van der Waals surface area contributed by atoms with Gasteiger partial charge in [0, 0.05) is 0 Å². The van der Waals surface area contributed by atoms with Gasteiger partial charge in [-0.2, -0.15) is 13.2 Å². The van der Waals surface area contributed by atoms with E-state index in [2.05, 4.69) is 0 Å². The largest absolute Gasteiger partial charge is 0.416 e. The maximum atomic E-state index is 13.2. The molecule has 0 heterocycles. The molecule has 0 atom stereocenters. The highest BCUT2D eigenvalue weighted by atomic mass is 19.4. The van der Waals surface area contributed by atoms with E-state index in [4.69, 9.17) is 5.73 Å². The summed E-state index contributed by atoms with van der Waals surface area (Å²) in [4.78, 5) is 0. The van der Waals surface area contributed by atoms with Crippen LogP contribution in [-0.2, 0) is 6.18 Å². The van der Waals surface area contributed by atoms with Crippen LogP contribution < -0.4 is 5.73 Å². The number of hydrogen-bond acceptors (Lipinski definition) is 1. The number of hydrogen-bond donors (Lipinski definition) is 1. The highest BCUT2D eigenvalue weighted by molar-refractivity contribution is 5.68. The van der Waals surface area contributed by atoms with E-state index >= 15 is 0 Å². The lowest BCUT2D eigenvalue weighted by Crippen LogP contribution is -2.04. The second-order valence-electron chi connectivity index (χ2n) is 3.94. The van der Waals surface area contributed by atoms with Crippen molar-refractivity contribution in [1.29, 1.82) is 0 Å². The molecule has 0 amide bonds. The van der Waals surface area contributed by atoms with Crippen molar-refractivity contribution >= 4 is 5.69 Å². The maximum Gasteiger partial charge on any atom is 0.416 e. The molecule has 2 aromatic rings. The third-order valence-corrected chi connectivity index (χ3v) is 2.58. The van der Waals surface area contributed by atoms with E-state index in [0.717, 1.165) is 24.3 Å². The number of alkyl halides is 3. The van der Waals surface area contributed by atoms with Crippen LogP contribution >= 0.6 is 0 Å². The summed E-state index contributed by atoms with van der Waals surface area (Å²) >= 11 is 0. The first-order valence-corrected chi connectivity index (χ1v) is 5.21. The van der Waals surface area contributed by atoms with E-state index < -0.39 is 29.1 Å². The summed E-state index contributed by atoms with van der Waals surface area (Å²) < 4.78 is 63.8. The van der Waals surface area contributed by atoms with Gasteiger partial charge in [0.2, 0.25) is 0 Å². The van der Waals surface area contributed by atoms with Crippen LogP contribution in [0.25, 0.3) is 11.1 Å². The van der Waals surface area contributed by atoms with Crippen LogP contribution in [0.4, 0.5) is 27.6 Å². The average molecular weight is 273 g/mol. The summed E-state index contributed by atoms with van der Waals surface area (Å²) in [5.74, 6) is -2.41. The fourth-order valence-corrected chi connectivity index (χ4v) is 1.65. The third kappa shape index (κ3) is 2.67. The first-order valence-electron chi connectivity index (χ1n) is 5.21. The van der Waals surface area contributed by atoms with Crippen molar-refractivity contribution in [3.05, 3.63) is 53.6 Å². The summed E-state index contributed by atoms with van der Waals surface area (Å²) in [7, 11) is 0. The van der Waals surface area contributed by atoms with Crippen molar-refractivity contribution < 1.29 is 22.0 Å². The van der Waals surface area contributed by atoms with Crippen molar-refractivity contribution in [2.45, 2.75) is 6.18 Å². The molecule has 0 unspecified atom stereocenters. The lowest BCUT2D eigenvalue weighted by atomic mass is 10.0. The Bertz CT molecular complexity index is 596. The van der Waals surface area contributed by atoms with Crippen LogP contribution in [0.1, 0.15) is 5.56 Å². The second kappa shape index (κ2) is 4.53. The Balaban J connectivity index is 2.54. The van der Waals surface area contributed by atoms with E-state index in [1.807, 2.05) is 0 Å². The van der Waals surface area contributed by atoms with Gasteiger partial charge in [-0.3, -0.25) is 0 Å². The van der Waals surface area contributed by atoms with Crippen LogP contribution in [-0.4, -0.2) is 0 Å². The van der Waals surface area contributed by atoms with Crippen LogP contribution in [0.2, 0.25) is 0 Å². The highest BCUT2D eigenvalue weighted by Gasteiger charge is 2.30. The summed E-state index contributed by atoms with van der Waals surface area (Å²) in [6, 6.07) is 6.20. The summed E-state index contributed by atoms with van der Waals surface area (Å²) in [5, 5.41) is 0. The zero-order valence-corrected chi connectivity index (χ0v) is 9.43. The second-order valence-corrected chi connectivity index (χ2v) is 3.94. The summed E-state index contributed by atoms with van der Waals surface area (Å²) in [5.41, 5.74) is 4.12. The Labute approximate surface area is 105 Å². The van der Waals surface area contributed by atoms with E-state index in [9.17, 15) is 22.0 Å². The monoisotopic (exact) mass is 273 g/mol. The van der Waals surface area contributed by atoms with Crippen molar-refractivity contribution in [2.24, 2.45) is 0 Å². The standard InChI is InChI=1S/C13H8F5N/c14-10-5-8(6-11(19)12(10)15)7-2-1-3-9(4-7)13(16,17)18/h1-6H,19H2. The molecule has 0 aliphatic rings. The zero-order valence-electron chi connectivity index (χ0n) is 9.43. The molecule has 0 saturated heterocycles. The average Bonchev–Trinajstić information content (AvgIpc) is 2.34. The molecule has 2 rings (SSSR count). The maximum absolute atomic E-state index is 13.2. The quantitative estimate of drug-likeness (QED) is 0.610. The third-order valence-electron chi connectivity index (χ3n) is 2.58. The first-order chi connectivity index (χ1) is 8.79. The van der Waals surface area contributed by atoms with Crippen LogP contribution in [0.3, 0.4) is 0 Å². The van der Waals surface area contributed by atoms with Gasteiger partial charge in [-0.1, -0.05) is 12.1 Å². The van der Waals surface area contributed by atoms with Gasteiger partial charge in [0.25, 0.3) is 0 Å². The number of nitrogen functional groups attached to an aromatic ring is 1. The fourth-order valence-electron chi connectivity index (χ4n) is 1.65. The molecule has 100 valence electrons. The molecule has 0 aromatic heterocycles. The van der Waals surface area contributed by atoms with Gasteiger partial charge in [-0.05, 0) is 35.4 Å². The Kier molecular flexibility index (Phi) is 3.18. The minimum absolute atomic E-state index is 0.0856. The number of anilines is 1. The van der Waals surface area contributed by atoms with E-state index in [-0.39, 0.29) is 11.1 Å². The number of nitrogens with two attached hydrogens (primary N) is 1. The molecule has 2 aromatic carbocycles. The predicted octanol–water partition coefficient (Wildman–Crippen LogP) is 4.23. The van der Waals surface area contributed by atoms with Crippen molar-refractivity contribution in [3.8, 4) is 11.1 Å². The van der Waals surface area contributed by atoms with Crippen molar-refractivity contribution in [2.75, 3.05) is 5.73 Å². The Hall–Kier alpha value is -2.11. The highest BCUT2D eigenvalue weighted by Crippen LogP contribution is 2.33. The lowest BCUT2D eigenvalue weighted by Gasteiger charge is -2.09. The van der Waals surface area contributed by atoms with E-state index in [0.29, 0.717) is 0 Å². The van der Waals surface area contributed by atoms with Gasteiger partial charge >= 0.3 is 6.18 Å². The molecule has 0 aliphatic carbocycles. The Morgan fingerprint density at radius 3 is 2.16 bits per heavy atom. The van der Waals surface area contributed by atoms with Crippen LogP contribution in [0.5, 0.6) is 0 Å². The first kappa shape index (κ1) is 13.3. The van der Waals surface area contributed by atoms with Crippen molar-refractivity contribution in [1.82, 2.24) is 0 Å². The molecule has 0 radical (unpaired) electrons. The minimum atomic E-state index is -4.50. The van der Waals surface area contributed by atoms with E-state index in [1.54, 1.807) is 0 Å². The Morgan fingerprint density at radius 1 is 0.895 bits per heavy atom. The fraction of sp³-hybridized carbons (Fsp3) is 0.0769. The van der Waals surface area contributed by atoms with Crippen LogP contribution in [0.15, 0.2) is 36.4 Å². The summed E-state index contributed by atoms with van der Waals surface area (Å²) in [6.07, 6.45) is -4.50. The van der Waals surface area contributed by atoms with Gasteiger partial charge in [0.15, 0.2) is 11.6 Å². The topological polar surface area (TPSA) is 26.0 Å². The molecular weight excluding hydrogens is 265 g/mol. The molecule has 0 saturated carbocycles. The molecule has 1 nitrogen and oxygen atoms in total. The van der Waals surface area contributed by atoms with Gasteiger partial charge in [-0.25, -0.2) is 8.78 Å². The molecule has 0 fully saturated rings. The molecule has 2 N–H and O–H groups in total. The molecule has 19 heavy (non-hydrogen) atoms. The number of rotatable bonds is 1. The predicted molar refractivity (Wildman–Crippen MR) is 61.2 cm³/mol. The van der Waals surface area contributed by atoms with Gasteiger partial charge < -0.3 is 5.73 Å². The molecule has 0 spiro atoms. The molecule has 0 aliphatic heterocycles. The molecular formula is C13H8F5N. The Morgan fingerprint density at radius 2 is 1.58 bits per heavy atom. The van der Waals surface area contributed by atoms with Gasteiger partial charge in [0.1, 0.15) is 0 Å². The SMILES string of the molecule is Nc1cc(-c2cccc(C(F)(F)F)c2)cc(F)c1F. The van der Waals surface area contributed by atoms with Crippen molar-refractivity contribution in [3.63, 3.8) is 0 Å². The molecule has 0 bridgehead atoms. The molecule has 6 heteroatoms. The zero-order chi connectivity index (χ0) is 14.2. The van der Waals surface area contributed by atoms with Gasteiger partial charge in [0.05, 0.1) is 11.3 Å². The smallest absolute Gasteiger partial charge is 0.396 e.